The second-order valence-electron chi connectivity index (χ2n) is 7.32. The van der Waals surface area contributed by atoms with E-state index in [1.165, 1.54) is 13.3 Å². The maximum Gasteiger partial charge on any atom is 0.271 e. The lowest BCUT2D eigenvalue weighted by Crippen LogP contribution is -2.20. The number of hydrazone groups is 1. The molecule has 0 bridgehead atoms. The Morgan fingerprint density at radius 1 is 1.03 bits per heavy atom. The Morgan fingerprint density at radius 3 is 2.38 bits per heavy atom. The van der Waals surface area contributed by atoms with Crippen LogP contribution < -0.4 is 25.0 Å². The van der Waals surface area contributed by atoms with Gasteiger partial charge in [-0.05, 0) is 92.0 Å². The number of amides is 2. The highest BCUT2D eigenvalue weighted by Gasteiger charge is 2.13. The lowest BCUT2D eigenvalue weighted by Gasteiger charge is -2.12. The quantitative estimate of drug-likeness (QED) is 0.146. The molecule has 3 rings (SSSR count). The molecule has 37 heavy (non-hydrogen) atoms. The van der Waals surface area contributed by atoms with Crippen LogP contribution in [0.2, 0.25) is 5.02 Å². The number of halogens is 3. The van der Waals surface area contributed by atoms with Crippen molar-refractivity contribution >= 4 is 67.2 Å². The zero-order chi connectivity index (χ0) is 26.8. The SMILES string of the molecule is C=CCOc1ccc(C(=O)N/N=C/c2cc(Br)c(OCC(=O)Nc3ccc(Cl)cc3)c(Br)c2)cc1OC. The van der Waals surface area contributed by atoms with Crippen LogP contribution in [0.3, 0.4) is 0 Å². The fourth-order valence-electron chi connectivity index (χ4n) is 2.97. The van der Waals surface area contributed by atoms with E-state index in [4.69, 9.17) is 25.8 Å². The molecule has 0 radical (unpaired) electrons. The molecule has 3 aromatic rings. The van der Waals surface area contributed by atoms with Gasteiger partial charge < -0.3 is 19.5 Å². The van der Waals surface area contributed by atoms with Gasteiger partial charge in [0, 0.05) is 16.3 Å². The number of nitrogens with zero attached hydrogens (tertiary/aromatic N) is 1. The van der Waals surface area contributed by atoms with E-state index >= 15 is 0 Å². The molecular formula is C26H22Br2ClN3O5. The van der Waals surface area contributed by atoms with E-state index in [1.807, 2.05) is 0 Å². The second-order valence-corrected chi connectivity index (χ2v) is 9.47. The summed E-state index contributed by atoms with van der Waals surface area (Å²) in [6, 6.07) is 15.0. The number of carbonyl (C=O) groups is 2. The average molecular weight is 652 g/mol. The van der Waals surface area contributed by atoms with Gasteiger partial charge in [-0.1, -0.05) is 24.3 Å². The highest BCUT2D eigenvalue weighted by molar-refractivity contribution is 9.11. The van der Waals surface area contributed by atoms with Gasteiger partial charge in [0.15, 0.2) is 18.1 Å². The summed E-state index contributed by atoms with van der Waals surface area (Å²) in [6.45, 7) is 3.72. The largest absolute Gasteiger partial charge is 0.493 e. The number of hydrogen-bond acceptors (Lipinski definition) is 6. The van der Waals surface area contributed by atoms with Gasteiger partial charge in [0.25, 0.3) is 11.8 Å². The van der Waals surface area contributed by atoms with Gasteiger partial charge >= 0.3 is 0 Å². The molecule has 0 unspecified atom stereocenters. The minimum Gasteiger partial charge on any atom is -0.493 e. The van der Waals surface area contributed by atoms with Crippen LogP contribution in [0.15, 0.2) is 81.3 Å². The molecule has 0 aromatic heterocycles. The van der Waals surface area contributed by atoms with Gasteiger partial charge in [-0.15, -0.1) is 0 Å². The minimum absolute atomic E-state index is 0.204. The number of carbonyl (C=O) groups excluding carboxylic acids is 2. The molecule has 2 N–H and O–H groups in total. The minimum atomic E-state index is -0.422. The predicted octanol–water partition coefficient (Wildman–Crippen LogP) is 6.22. The third-order valence-electron chi connectivity index (χ3n) is 4.66. The summed E-state index contributed by atoms with van der Waals surface area (Å²) < 4.78 is 17.6. The Morgan fingerprint density at radius 2 is 1.73 bits per heavy atom. The molecule has 3 aromatic carbocycles. The number of benzene rings is 3. The zero-order valence-corrected chi connectivity index (χ0v) is 23.5. The molecule has 0 aliphatic rings. The molecule has 11 heteroatoms. The first-order valence-electron chi connectivity index (χ1n) is 10.7. The third kappa shape index (κ3) is 8.34. The van der Waals surface area contributed by atoms with E-state index in [0.29, 0.717) is 54.6 Å². The van der Waals surface area contributed by atoms with E-state index in [1.54, 1.807) is 60.7 Å². The molecule has 2 amide bonds. The molecule has 0 fully saturated rings. The van der Waals surface area contributed by atoms with Gasteiger partial charge in [-0.2, -0.15) is 5.10 Å². The molecule has 0 atom stereocenters. The molecule has 0 aliphatic heterocycles. The van der Waals surface area contributed by atoms with Crippen LogP contribution in [0.5, 0.6) is 17.2 Å². The first-order chi connectivity index (χ1) is 17.8. The molecule has 0 heterocycles. The van der Waals surface area contributed by atoms with Crippen LogP contribution in [-0.2, 0) is 4.79 Å². The Balaban J connectivity index is 1.58. The van der Waals surface area contributed by atoms with Crippen molar-refractivity contribution in [3.63, 3.8) is 0 Å². The van der Waals surface area contributed by atoms with Crippen molar-refractivity contribution in [1.82, 2.24) is 5.43 Å². The van der Waals surface area contributed by atoms with Crippen molar-refractivity contribution in [2.45, 2.75) is 0 Å². The Kier molecular flexibility index (Phi) is 10.6. The van der Waals surface area contributed by atoms with Gasteiger partial charge in [0.2, 0.25) is 0 Å². The predicted molar refractivity (Wildman–Crippen MR) is 151 cm³/mol. The first kappa shape index (κ1) is 28.2. The van der Waals surface area contributed by atoms with Crippen molar-refractivity contribution < 1.29 is 23.8 Å². The summed E-state index contributed by atoms with van der Waals surface area (Å²) in [7, 11) is 1.49. The lowest BCUT2D eigenvalue weighted by molar-refractivity contribution is -0.118. The first-order valence-corrected chi connectivity index (χ1v) is 12.7. The van der Waals surface area contributed by atoms with Crippen LogP contribution in [0.25, 0.3) is 0 Å². The van der Waals surface area contributed by atoms with E-state index in [2.05, 4.69) is 54.3 Å². The van der Waals surface area contributed by atoms with E-state index < -0.39 is 5.91 Å². The fourth-order valence-corrected chi connectivity index (χ4v) is 4.54. The monoisotopic (exact) mass is 649 g/mol. The van der Waals surface area contributed by atoms with Crippen molar-refractivity contribution in [1.29, 1.82) is 0 Å². The second kappa shape index (κ2) is 13.8. The Hall–Kier alpha value is -3.34. The van der Waals surface area contributed by atoms with Crippen molar-refractivity contribution in [3.8, 4) is 17.2 Å². The Labute approximate surface area is 235 Å². The standard InChI is InChI=1S/C26H22Br2ClN3O5/c1-3-10-36-22-9-4-17(13-23(22)35-2)26(34)32-30-14-16-11-20(27)25(21(28)12-16)37-15-24(33)31-19-7-5-18(29)6-8-19/h3-9,11-14H,1,10,15H2,2H3,(H,31,33)(H,32,34)/b30-14+. The maximum absolute atomic E-state index is 12.5. The Bertz CT molecular complexity index is 1290. The summed E-state index contributed by atoms with van der Waals surface area (Å²) >= 11 is 12.7. The number of ether oxygens (including phenoxy) is 3. The van der Waals surface area contributed by atoms with Crippen molar-refractivity contribution in [2.24, 2.45) is 5.10 Å². The van der Waals surface area contributed by atoms with E-state index in [9.17, 15) is 9.59 Å². The van der Waals surface area contributed by atoms with Crippen LogP contribution in [0.1, 0.15) is 15.9 Å². The number of methoxy groups -OCH3 is 1. The van der Waals surface area contributed by atoms with Gasteiger partial charge in [-0.3, -0.25) is 9.59 Å². The molecule has 0 spiro atoms. The number of nitrogens with one attached hydrogen (secondary N) is 2. The molecular weight excluding hydrogens is 630 g/mol. The molecule has 0 saturated carbocycles. The maximum atomic E-state index is 12.5. The van der Waals surface area contributed by atoms with Crippen LogP contribution in [0.4, 0.5) is 5.69 Å². The number of hydrogen-bond donors (Lipinski definition) is 2. The molecule has 192 valence electrons. The van der Waals surface area contributed by atoms with Crippen molar-refractivity contribution in [2.75, 3.05) is 25.6 Å². The third-order valence-corrected chi connectivity index (χ3v) is 6.09. The number of anilines is 1. The van der Waals surface area contributed by atoms with E-state index in [0.717, 1.165) is 0 Å². The number of rotatable bonds is 11. The summed E-state index contributed by atoms with van der Waals surface area (Å²) in [5.74, 6) is 0.616. The van der Waals surface area contributed by atoms with Crippen LogP contribution >= 0.6 is 43.5 Å². The topological polar surface area (TPSA) is 98.3 Å². The average Bonchev–Trinajstić information content (AvgIpc) is 2.88. The zero-order valence-electron chi connectivity index (χ0n) is 19.6. The molecule has 8 nitrogen and oxygen atoms in total. The highest BCUT2D eigenvalue weighted by Crippen LogP contribution is 2.34. The van der Waals surface area contributed by atoms with Crippen molar-refractivity contribution in [3.05, 3.63) is 92.3 Å². The van der Waals surface area contributed by atoms with Gasteiger partial charge in [-0.25, -0.2) is 5.43 Å². The summed E-state index contributed by atoms with van der Waals surface area (Å²) in [4.78, 5) is 24.7. The van der Waals surface area contributed by atoms with Gasteiger partial charge in [0.05, 0.1) is 22.3 Å². The lowest BCUT2D eigenvalue weighted by atomic mass is 10.2. The van der Waals surface area contributed by atoms with Gasteiger partial charge in [0.1, 0.15) is 12.4 Å². The van der Waals surface area contributed by atoms with Crippen LogP contribution in [-0.4, -0.2) is 38.4 Å². The van der Waals surface area contributed by atoms with Crippen LogP contribution in [0, 0.1) is 0 Å². The summed E-state index contributed by atoms with van der Waals surface area (Å²) in [6.07, 6.45) is 3.09. The summed E-state index contributed by atoms with van der Waals surface area (Å²) in [5, 5.41) is 7.32. The fraction of sp³-hybridized carbons (Fsp3) is 0.115. The normalized spacial score (nSPS) is 10.6. The molecule has 0 saturated heterocycles. The summed E-state index contributed by atoms with van der Waals surface area (Å²) in [5.41, 5.74) is 4.11. The molecule has 0 aliphatic carbocycles. The van der Waals surface area contributed by atoms with E-state index in [-0.39, 0.29) is 12.5 Å². The highest BCUT2D eigenvalue weighted by atomic mass is 79.9. The smallest absolute Gasteiger partial charge is 0.271 e.